The highest BCUT2D eigenvalue weighted by molar-refractivity contribution is 5.90. The van der Waals surface area contributed by atoms with Crippen molar-refractivity contribution in [2.75, 3.05) is 19.6 Å². The van der Waals surface area contributed by atoms with Gasteiger partial charge in [-0.3, -0.25) is 14.4 Å². The van der Waals surface area contributed by atoms with E-state index in [1.165, 1.54) is 6.08 Å². The van der Waals surface area contributed by atoms with E-state index in [2.05, 4.69) is 35.7 Å². The fourth-order valence-corrected chi connectivity index (χ4v) is 1.54. The minimum absolute atomic E-state index is 0.0572. The molecule has 0 bridgehead atoms. The number of hydrogen-bond acceptors (Lipinski definition) is 3. The Hall–Kier alpha value is -2.37. The van der Waals surface area contributed by atoms with Crippen LogP contribution in [0.2, 0.25) is 0 Å². The van der Waals surface area contributed by atoms with Gasteiger partial charge in [-0.1, -0.05) is 18.2 Å². The Morgan fingerprint density at radius 2 is 1.14 bits per heavy atom. The van der Waals surface area contributed by atoms with E-state index in [1.54, 1.807) is 12.2 Å². The average Bonchev–Trinajstić information content (AvgIpc) is 2.47. The van der Waals surface area contributed by atoms with Crippen molar-refractivity contribution in [3.63, 3.8) is 0 Å². The summed E-state index contributed by atoms with van der Waals surface area (Å²) in [6.45, 7) is 11.4. The molecule has 0 aromatic heterocycles. The van der Waals surface area contributed by atoms with E-state index in [4.69, 9.17) is 0 Å². The lowest BCUT2D eigenvalue weighted by atomic mass is 9.99. The van der Waals surface area contributed by atoms with Crippen molar-refractivity contribution in [1.82, 2.24) is 16.0 Å². The lowest BCUT2D eigenvalue weighted by Crippen LogP contribution is -2.38. The van der Waals surface area contributed by atoms with Crippen LogP contribution in [0.5, 0.6) is 0 Å². The van der Waals surface area contributed by atoms with Gasteiger partial charge in [0, 0.05) is 32.5 Å². The third-order valence-corrected chi connectivity index (χ3v) is 2.54. The van der Waals surface area contributed by atoms with Crippen LogP contribution in [0.1, 0.15) is 12.8 Å². The molecule has 21 heavy (non-hydrogen) atoms. The summed E-state index contributed by atoms with van der Waals surface area (Å²) in [6.07, 6.45) is 4.50. The molecule has 0 aromatic carbocycles. The molecule has 0 aliphatic heterocycles. The number of rotatable bonds is 11. The summed E-state index contributed by atoms with van der Waals surface area (Å²) in [4.78, 5) is 35.3. The minimum Gasteiger partial charge on any atom is -0.353 e. The van der Waals surface area contributed by atoms with Gasteiger partial charge < -0.3 is 16.0 Å². The molecule has 0 aliphatic carbocycles. The van der Waals surface area contributed by atoms with Crippen LogP contribution in [0.4, 0.5) is 0 Å². The van der Waals surface area contributed by atoms with Crippen LogP contribution in [0.3, 0.4) is 0 Å². The summed E-state index contributed by atoms with van der Waals surface area (Å²) in [5.74, 6) is -1.67. The van der Waals surface area contributed by atoms with Gasteiger partial charge >= 0.3 is 0 Å². The zero-order valence-electron chi connectivity index (χ0n) is 12.2. The van der Waals surface area contributed by atoms with Gasteiger partial charge in [-0.25, -0.2) is 0 Å². The molecule has 6 nitrogen and oxygen atoms in total. The van der Waals surface area contributed by atoms with Crippen molar-refractivity contribution in [2.45, 2.75) is 12.8 Å². The van der Waals surface area contributed by atoms with Crippen LogP contribution in [-0.2, 0) is 14.4 Å². The largest absolute Gasteiger partial charge is 0.353 e. The summed E-state index contributed by atoms with van der Waals surface area (Å²) in [5.41, 5.74) is 0. The first-order valence-corrected chi connectivity index (χ1v) is 6.68. The van der Waals surface area contributed by atoms with Crippen LogP contribution < -0.4 is 16.0 Å². The molecule has 0 saturated heterocycles. The zero-order chi connectivity index (χ0) is 16.1. The molecule has 116 valence electrons. The molecule has 0 unspecified atom stereocenters. The average molecular weight is 293 g/mol. The van der Waals surface area contributed by atoms with E-state index in [-0.39, 0.29) is 37.1 Å². The molecule has 3 amide bonds. The van der Waals surface area contributed by atoms with Crippen LogP contribution in [0.25, 0.3) is 0 Å². The predicted molar refractivity (Wildman–Crippen MR) is 82.3 cm³/mol. The number of nitrogens with one attached hydrogen (secondary N) is 3. The fourth-order valence-electron chi connectivity index (χ4n) is 1.54. The zero-order valence-corrected chi connectivity index (χ0v) is 12.2. The maximum Gasteiger partial charge on any atom is 0.224 e. The first kappa shape index (κ1) is 18.6. The van der Waals surface area contributed by atoms with Crippen molar-refractivity contribution in [3.05, 3.63) is 38.0 Å². The Morgan fingerprint density at radius 3 is 1.52 bits per heavy atom. The van der Waals surface area contributed by atoms with Gasteiger partial charge in [-0.05, 0) is 0 Å². The molecular formula is C15H23N3O3. The highest BCUT2D eigenvalue weighted by atomic mass is 16.2. The maximum atomic E-state index is 12.0. The van der Waals surface area contributed by atoms with Crippen LogP contribution >= 0.6 is 0 Å². The standard InChI is InChI=1S/C15H23N3O3/c1-4-7-16-13(19)10-12(15(21)18-9-6-3)11-14(20)17-8-5-2/h4-6,12H,1-3,7-11H2,(H,16,19)(H,17,20)(H,18,21). The van der Waals surface area contributed by atoms with Crippen LogP contribution in [0, 0.1) is 5.92 Å². The monoisotopic (exact) mass is 293 g/mol. The molecule has 6 heteroatoms. The molecule has 3 N–H and O–H groups in total. The highest BCUT2D eigenvalue weighted by Gasteiger charge is 2.24. The maximum absolute atomic E-state index is 12.0. The van der Waals surface area contributed by atoms with Gasteiger partial charge in [0.05, 0.1) is 5.92 Å². The van der Waals surface area contributed by atoms with E-state index in [0.717, 1.165) is 0 Å². The first-order valence-electron chi connectivity index (χ1n) is 6.68. The van der Waals surface area contributed by atoms with Crippen LogP contribution in [0.15, 0.2) is 38.0 Å². The Kier molecular flexibility index (Phi) is 10.2. The van der Waals surface area contributed by atoms with Gasteiger partial charge in [-0.15, -0.1) is 19.7 Å². The molecule has 0 radical (unpaired) electrons. The lowest BCUT2D eigenvalue weighted by Gasteiger charge is -2.15. The Labute approximate surface area is 125 Å². The quantitative estimate of drug-likeness (QED) is 0.478. The fraction of sp³-hybridized carbons (Fsp3) is 0.400. The normalized spacial score (nSPS) is 9.57. The topological polar surface area (TPSA) is 87.3 Å². The van der Waals surface area contributed by atoms with Gasteiger partial charge in [-0.2, -0.15) is 0 Å². The third-order valence-electron chi connectivity index (χ3n) is 2.54. The van der Waals surface area contributed by atoms with Gasteiger partial charge in [0.2, 0.25) is 17.7 Å². The van der Waals surface area contributed by atoms with Gasteiger partial charge in [0.15, 0.2) is 0 Å². The Morgan fingerprint density at radius 1 is 0.762 bits per heavy atom. The SMILES string of the molecule is C=CCNC(=O)CC(CC(=O)NCC=C)C(=O)NCC=C. The number of carbonyl (C=O) groups is 3. The van der Waals surface area contributed by atoms with Crippen molar-refractivity contribution in [1.29, 1.82) is 0 Å². The second-order valence-corrected chi connectivity index (χ2v) is 4.32. The van der Waals surface area contributed by atoms with Crippen molar-refractivity contribution >= 4 is 17.7 Å². The number of carbonyl (C=O) groups excluding carboxylic acids is 3. The minimum atomic E-state index is -0.723. The number of amides is 3. The van der Waals surface area contributed by atoms with Gasteiger partial charge in [0.25, 0.3) is 0 Å². The van der Waals surface area contributed by atoms with Crippen molar-refractivity contribution in [3.8, 4) is 0 Å². The molecule has 0 aliphatic rings. The predicted octanol–water partition coefficient (Wildman–Crippen LogP) is 0.289. The van der Waals surface area contributed by atoms with E-state index in [9.17, 15) is 14.4 Å². The molecule has 0 rings (SSSR count). The summed E-state index contributed by atoms with van der Waals surface area (Å²) in [5, 5.41) is 7.77. The first-order chi connectivity index (χ1) is 10.0. The molecule has 0 spiro atoms. The molecule has 0 heterocycles. The van der Waals surface area contributed by atoms with E-state index < -0.39 is 5.92 Å². The molecular weight excluding hydrogens is 270 g/mol. The second kappa shape index (κ2) is 11.5. The van der Waals surface area contributed by atoms with E-state index in [1.807, 2.05) is 0 Å². The van der Waals surface area contributed by atoms with E-state index in [0.29, 0.717) is 13.1 Å². The Bertz CT molecular complexity index is 379. The van der Waals surface area contributed by atoms with Crippen molar-refractivity contribution in [2.24, 2.45) is 5.92 Å². The second-order valence-electron chi connectivity index (χ2n) is 4.32. The Balaban J connectivity index is 4.58. The van der Waals surface area contributed by atoms with Gasteiger partial charge in [0.1, 0.15) is 0 Å². The highest BCUT2D eigenvalue weighted by Crippen LogP contribution is 2.09. The van der Waals surface area contributed by atoms with E-state index >= 15 is 0 Å². The summed E-state index contributed by atoms with van der Waals surface area (Å²) < 4.78 is 0. The molecule has 0 atom stereocenters. The van der Waals surface area contributed by atoms with Crippen molar-refractivity contribution < 1.29 is 14.4 Å². The molecule has 0 saturated carbocycles. The summed E-state index contributed by atoms with van der Waals surface area (Å²) in [6, 6.07) is 0. The summed E-state index contributed by atoms with van der Waals surface area (Å²) >= 11 is 0. The number of hydrogen-bond donors (Lipinski definition) is 3. The molecule has 0 fully saturated rings. The molecule has 0 aromatic rings. The third kappa shape index (κ3) is 9.21. The lowest BCUT2D eigenvalue weighted by molar-refractivity contribution is -0.133. The van der Waals surface area contributed by atoms with Crippen LogP contribution in [-0.4, -0.2) is 37.4 Å². The smallest absolute Gasteiger partial charge is 0.224 e. The summed E-state index contributed by atoms with van der Waals surface area (Å²) in [7, 11) is 0.